The highest BCUT2D eigenvalue weighted by atomic mass is 32.2. The topological polar surface area (TPSA) is 70.6 Å². The summed E-state index contributed by atoms with van der Waals surface area (Å²) in [5.74, 6) is 0.873. The Morgan fingerprint density at radius 3 is 2.57 bits per heavy atom. The maximum absolute atomic E-state index is 13.4. The van der Waals surface area contributed by atoms with Gasteiger partial charge in [0.25, 0.3) is 0 Å². The molecule has 3 atom stereocenters. The van der Waals surface area contributed by atoms with E-state index < -0.39 is 9.84 Å². The molecule has 3 aliphatic rings. The van der Waals surface area contributed by atoms with E-state index >= 15 is 0 Å². The fraction of sp³-hybridized carbons (Fsp3) is 0.545. The predicted molar refractivity (Wildman–Crippen MR) is 119 cm³/mol. The van der Waals surface area contributed by atoms with Crippen molar-refractivity contribution in [3.8, 4) is 0 Å². The average molecular weight is 446 g/mol. The quantitative estimate of drug-likeness (QED) is 0.680. The van der Waals surface area contributed by atoms with E-state index in [1.807, 2.05) is 23.1 Å². The van der Waals surface area contributed by atoms with Crippen molar-refractivity contribution in [1.82, 2.24) is 14.8 Å². The summed E-state index contributed by atoms with van der Waals surface area (Å²) in [6.07, 6.45) is 6.66. The van der Waals surface area contributed by atoms with Crippen LogP contribution in [-0.4, -0.2) is 72.8 Å². The van der Waals surface area contributed by atoms with Gasteiger partial charge in [0.05, 0.1) is 32.6 Å². The third-order valence-electron chi connectivity index (χ3n) is 6.73. The molecular formula is C22H27N3O3S2. The molecule has 1 amide bonds. The van der Waals surface area contributed by atoms with Crippen molar-refractivity contribution in [1.29, 1.82) is 0 Å². The second-order valence-electron chi connectivity index (χ2n) is 8.59. The first-order valence-electron chi connectivity index (χ1n) is 10.7. The van der Waals surface area contributed by atoms with E-state index in [0.29, 0.717) is 18.8 Å². The van der Waals surface area contributed by atoms with Crippen LogP contribution in [0, 0.1) is 5.92 Å². The van der Waals surface area contributed by atoms with E-state index in [4.69, 9.17) is 4.98 Å². The minimum atomic E-state index is -2.88. The van der Waals surface area contributed by atoms with Crippen LogP contribution in [-0.2, 0) is 14.6 Å². The van der Waals surface area contributed by atoms with E-state index in [1.54, 1.807) is 11.3 Å². The first kappa shape index (κ1) is 20.2. The lowest BCUT2D eigenvalue weighted by Gasteiger charge is -2.40. The first-order chi connectivity index (χ1) is 14.5. The van der Waals surface area contributed by atoms with Crippen molar-refractivity contribution in [3.63, 3.8) is 0 Å². The molecule has 8 heteroatoms. The zero-order chi connectivity index (χ0) is 20.7. The highest BCUT2D eigenvalue weighted by molar-refractivity contribution is 7.91. The molecule has 5 rings (SSSR count). The fourth-order valence-corrected chi connectivity index (χ4v) is 7.92. The highest BCUT2D eigenvalue weighted by Crippen LogP contribution is 2.39. The van der Waals surface area contributed by atoms with E-state index in [1.165, 1.54) is 4.70 Å². The lowest BCUT2D eigenvalue weighted by Crippen LogP contribution is -2.53. The van der Waals surface area contributed by atoms with Crippen LogP contribution in [0.25, 0.3) is 10.2 Å². The zero-order valence-corrected chi connectivity index (χ0v) is 18.6. The maximum atomic E-state index is 13.4. The van der Waals surface area contributed by atoms with Crippen molar-refractivity contribution >= 4 is 37.3 Å². The second-order valence-corrected chi connectivity index (χ2v) is 11.9. The van der Waals surface area contributed by atoms with Crippen LogP contribution >= 0.6 is 11.3 Å². The molecular weight excluding hydrogens is 418 g/mol. The second kappa shape index (κ2) is 8.05. The number of carbonyl (C=O) groups excluding carboxylic acids is 1. The Morgan fingerprint density at radius 1 is 1.07 bits per heavy atom. The normalized spacial score (nSPS) is 29.5. The number of aromatic nitrogens is 1. The molecule has 2 fully saturated rings. The number of benzene rings is 1. The number of thiazole rings is 1. The summed E-state index contributed by atoms with van der Waals surface area (Å²) in [6.45, 7) is 2.89. The molecule has 160 valence electrons. The number of hydrogen-bond acceptors (Lipinski definition) is 6. The van der Waals surface area contributed by atoms with Crippen LogP contribution in [0.5, 0.6) is 0 Å². The number of nitrogens with zero attached hydrogens (tertiary/aromatic N) is 3. The molecule has 6 nitrogen and oxygen atoms in total. The van der Waals surface area contributed by atoms with Gasteiger partial charge in [0.2, 0.25) is 5.91 Å². The summed E-state index contributed by atoms with van der Waals surface area (Å²) < 4.78 is 24.8. The summed E-state index contributed by atoms with van der Waals surface area (Å²) >= 11 is 1.71. The fourth-order valence-electron chi connectivity index (χ4n) is 5.01. The van der Waals surface area contributed by atoms with Crippen LogP contribution in [0.3, 0.4) is 0 Å². The monoisotopic (exact) mass is 445 g/mol. The number of hydrogen-bond donors (Lipinski definition) is 0. The molecule has 3 heterocycles. The third kappa shape index (κ3) is 3.92. The third-order valence-corrected chi connectivity index (χ3v) is 9.65. The van der Waals surface area contributed by atoms with E-state index in [-0.39, 0.29) is 29.5 Å². The molecule has 30 heavy (non-hydrogen) atoms. The van der Waals surface area contributed by atoms with Gasteiger partial charge in [-0.1, -0.05) is 24.3 Å². The molecule has 3 unspecified atom stereocenters. The molecule has 0 spiro atoms. The zero-order valence-electron chi connectivity index (χ0n) is 16.9. The molecule has 2 saturated heterocycles. The molecule has 1 aromatic carbocycles. The van der Waals surface area contributed by atoms with Crippen molar-refractivity contribution in [3.05, 3.63) is 41.4 Å². The van der Waals surface area contributed by atoms with Gasteiger partial charge in [-0.15, -0.1) is 11.3 Å². The molecule has 2 aliphatic heterocycles. The minimum absolute atomic E-state index is 0.0611. The average Bonchev–Trinajstić information content (AvgIpc) is 3.36. The Labute approximate surface area is 181 Å². The molecule has 0 saturated carbocycles. The molecule has 1 aromatic heterocycles. The van der Waals surface area contributed by atoms with Crippen molar-refractivity contribution < 1.29 is 13.2 Å². The number of allylic oxidation sites excluding steroid dienone is 2. The Bertz CT molecular complexity index is 1040. The molecule has 0 radical (unpaired) electrons. The smallest absolute Gasteiger partial charge is 0.226 e. The van der Waals surface area contributed by atoms with Gasteiger partial charge in [-0.3, -0.25) is 9.69 Å². The van der Waals surface area contributed by atoms with Crippen LogP contribution in [0.1, 0.15) is 30.2 Å². The maximum Gasteiger partial charge on any atom is 0.226 e. The van der Waals surface area contributed by atoms with Crippen LogP contribution in [0.15, 0.2) is 36.4 Å². The minimum Gasteiger partial charge on any atom is -0.340 e. The largest absolute Gasteiger partial charge is 0.340 e. The number of piperazine rings is 1. The number of para-hydroxylation sites is 1. The van der Waals surface area contributed by atoms with Gasteiger partial charge in [-0.2, -0.15) is 0 Å². The number of carbonyl (C=O) groups is 1. The Balaban J connectivity index is 1.27. The van der Waals surface area contributed by atoms with Crippen molar-refractivity contribution in [2.45, 2.75) is 31.2 Å². The number of rotatable bonds is 3. The van der Waals surface area contributed by atoms with Gasteiger partial charge in [-0.05, 0) is 31.4 Å². The van der Waals surface area contributed by atoms with Gasteiger partial charge < -0.3 is 4.90 Å². The molecule has 2 aromatic rings. The van der Waals surface area contributed by atoms with Crippen LogP contribution in [0.2, 0.25) is 0 Å². The van der Waals surface area contributed by atoms with E-state index in [9.17, 15) is 13.2 Å². The number of amides is 1. The Hall–Kier alpha value is -1.77. The van der Waals surface area contributed by atoms with E-state index in [2.05, 4.69) is 23.1 Å². The van der Waals surface area contributed by atoms with Gasteiger partial charge in [-0.25, -0.2) is 13.4 Å². The van der Waals surface area contributed by atoms with Gasteiger partial charge >= 0.3 is 0 Å². The van der Waals surface area contributed by atoms with Gasteiger partial charge in [0.1, 0.15) is 0 Å². The summed E-state index contributed by atoms with van der Waals surface area (Å²) in [7, 11) is -2.88. The summed E-state index contributed by atoms with van der Waals surface area (Å²) in [4.78, 5) is 22.5. The Morgan fingerprint density at radius 2 is 1.83 bits per heavy atom. The highest BCUT2D eigenvalue weighted by Gasteiger charge is 2.38. The Kier molecular flexibility index (Phi) is 5.41. The first-order valence-corrected chi connectivity index (χ1v) is 13.4. The lowest BCUT2D eigenvalue weighted by atomic mass is 9.82. The van der Waals surface area contributed by atoms with Gasteiger partial charge in [0.15, 0.2) is 9.84 Å². The predicted octanol–water partition coefficient (Wildman–Crippen LogP) is 2.68. The van der Waals surface area contributed by atoms with Crippen LogP contribution < -0.4 is 0 Å². The SMILES string of the molecule is O=C(C1CC=CCC1c1nc2ccccc2s1)N1CCN(C2CCS(=O)(=O)C2)CC1. The summed E-state index contributed by atoms with van der Waals surface area (Å²) in [6, 6.07) is 8.29. The van der Waals surface area contributed by atoms with Crippen molar-refractivity contribution in [2.24, 2.45) is 5.92 Å². The molecule has 0 bridgehead atoms. The standard InChI is InChI=1S/C22H27N3O3S2/c26-22(25-12-10-24(11-13-25)16-9-14-30(27,28)15-16)18-6-2-1-5-17(18)21-23-19-7-3-4-8-20(19)29-21/h1-4,7-8,16-18H,5-6,9-15H2. The van der Waals surface area contributed by atoms with Gasteiger partial charge in [0, 0.05) is 38.1 Å². The molecule has 0 N–H and O–H groups in total. The van der Waals surface area contributed by atoms with Crippen molar-refractivity contribution in [2.75, 3.05) is 37.7 Å². The lowest BCUT2D eigenvalue weighted by molar-refractivity contribution is -0.138. The summed E-state index contributed by atoms with van der Waals surface area (Å²) in [5, 5.41) is 1.06. The van der Waals surface area contributed by atoms with Crippen LogP contribution in [0.4, 0.5) is 0 Å². The molecule has 1 aliphatic carbocycles. The summed E-state index contributed by atoms with van der Waals surface area (Å²) in [5.41, 5.74) is 1.01. The number of sulfone groups is 1. The van der Waals surface area contributed by atoms with E-state index in [0.717, 1.165) is 42.9 Å². The number of fused-ring (bicyclic) bond motifs is 1.